The molecule has 94 valence electrons. The van der Waals surface area contributed by atoms with E-state index in [0.717, 1.165) is 25.7 Å². The summed E-state index contributed by atoms with van der Waals surface area (Å²) in [6.45, 7) is 9.06. The zero-order chi connectivity index (χ0) is 12.2. The standard InChI is InChI=1S/C15H28O/c1-12-6-5-7-13(2)14(16)9-11-15(3,4)10-8-12/h8,13-14,16H,5-7,9-11H2,1-4H3/b12-8-/t13-,14-/m0/s1. The van der Waals surface area contributed by atoms with Gasteiger partial charge in [0.2, 0.25) is 0 Å². The van der Waals surface area contributed by atoms with Gasteiger partial charge in [0.15, 0.2) is 0 Å². The van der Waals surface area contributed by atoms with Crippen molar-refractivity contribution in [2.75, 3.05) is 0 Å². The third kappa shape index (κ3) is 4.69. The average molecular weight is 224 g/mol. The van der Waals surface area contributed by atoms with E-state index in [9.17, 15) is 5.11 Å². The second-order valence-electron chi connectivity index (χ2n) is 6.39. The highest BCUT2D eigenvalue weighted by Crippen LogP contribution is 2.31. The summed E-state index contributed by atoms with van der Waals surface area (Å²) < 4.78 is 0. The Morgan fingerprint density at radius 1 is 1.31 bits per heavy atom. The average Bonchev–Trinajstić information content (AvgIpc) is 2.23. The normalized spacial score (nSPS) is 35.9. The molecule has 1 aliphatic rings. The van der Waals surface area contributed by atoms with Crippen LogP contribution < -0.4 is 0 Å². The van der Waals surface area contributed by atoms with Gasteiger partial charge in [-0.05, 0) is 56.8 Å². The lowest BCUT2D eigenvalue weighted by Crippen LogP contribution is -2.21. The van der Waals surface area contributed by atoms with E-state index in [1.165, 1.54) is 18.4 Å². The van der Waals surface area contributed by atoms with Gasteiger partial charge >= 0.3 is 0 Å². The molecule has 0 aromatic rings. The molecule has 0 heterocycles. The molecule has 0 unspecified atom stereocenters. The van der Waals surface area contributed by atoms with E-state index in [2.05, 4.69) is 33.8 Å². The third-order valence-corrected chi connectivity index (χ3v) is 4.01. The van der Waals surface area contributed by atoms with Crippen molar-refractivity contribution in [2.24, 2.45) is 11.3 Å². The van der Waals surface area contributed by atoms with Crippen LogP contribution in [-0.4, -0.2) is 11.2 Å². The molecule has 0 aromatic carbocycles. The maximum Gasteiger partial charge on any atom is 0.0566 e. The molecule has 1 aliphatic carbocycles. The zero-order valence-electron chi connectivity index (χ0n) is 11.4. The Morgan fingerprint density at radius 3 is 2.69 bits per heavy atom. The summed E-state index contributed by atoms with van der Waals surface area (Å²) in [6, 6.07) is 0. The highest BCUT2D eigenvalue weighted by atomic mass is 16.3. The van der Waals surface area contributed by atoms with E-state index in [0.29, 0.717) is 11.3 Å². The summed E-state index contributed by atoms with van der Waals surface area (Å²) >= 11 is 0. The van der Waals surface area contributed by atoms with Crippen molar-refractivity contribution in [3.8, 4) is 0 Å². The Kier molecular flexibility index (Phi) is 5.04. The largest absolute Gasteiger partial charge is 0.393 e. The third-order valence-electron chi connectivity index (χ3n) is 4.01. The van der Waals surface area contributed by atoms with Crippen molar-refractivity contribution in [1.82, 2.24) is 0 Å². The second-order valence-corrected chi connectivity index (χ2v) is 6.39. The molecule has 16 heavy (non-hydrogen) atoms. The fourth-order valence-electron chi connectivity index (χ4n) is 2.37. The van der Waals surface area contributed by atoms with Crippen LogP contribution >= 0.6 is 0 Å². The highest BCUT2D eigenvalue weighted by molar-refractivity contribution is 5.00. The highest BCUT2D eigenvalue weighted by Gasteiger charge is 2.21. The van der Waals surface area contributed by atoms with Crippen LogP contribution in [0.15, 0.2) is 11.6 Å². The van der Waals surface area contributed by atoms with E-state index in [1.54, 1.807) is 0 Å². The van der Waals surface area contributed by atoms with E-state index < -0.39 is 0 Å². The molecule has 0 saturated heterocycles. The maximum absolute atomic E-state index is 10.1. The van der Waals surface area contributed by atoms with E-state index >= 15 is 0 Å². The Bertz CT molecular complexity index is 240. The van der Waals surface area contributed by atoms with E-state index in [1.807, 2.05) is 0 Å². The summed E-state index contributed by atoms with van der Waals surface area (Å²) in [7, 11) is 0. The van der Waals surface area contributed by atoms with Crippen LogP contribution in [0.5, 0.6) is 0 Å². The minimum absolute atomic E-state index is 0.0994. The van der Waals surface area contributed by atoms with Crippen molar-refractivity contribution >= 4 is 0 Å². The second kappa shape index (κ2) is 5.86. The Labute approximate surface area is 101 Å². The zero-order valence-corrected chi connectivity index (χ0v) is 11.4. The van der Waals surface area contributed by atoms with Gasteiger partial charge < -0.3 is 5.11 Å². The Balaban J connectivity index is 2.66. The number of allylic oxidation sites excluding steroid dienone is 2. The molecule has 0 spiro atoms. The predicted molar refractivity (Wildman–Crippen MR) is 70.4 cm³/mol. The number of hydrogen-bond acceptors (Lipinski definition) is 1. The maximum atomic E-state index is 10.1. The molecule has 0 radical (unpaired) electrons. The van der Waals surface area contributed by atoms with Gasteiger partial charge in [-0.3, -0.25) is 0 Å². The van der Waals surface area contributed by atoms with Crippen molar-refractivity contribution in [1.29, 1.82) is 0 Å². The molecular formula is C15H28O. The molecule has 0 fully saturated rings. The van der Waals surface area contributed by atoms with Gasteiger partial charge in [-0.2, -0.15) is 0 Å². The lowest BCUT2D eigenvalue weighted by atomic mass is 9.82. The first-order valence-corrected chi connectivity index (χ1v) is 6.74. The first-order chi connectivity index (χ1) is 7.41. The lowest BCUT2D eigenvalue weighted by Gasteiger charge is -2.26. The van der Waals surface area contributed by atoms with Gasteiger partial charge in [-0.15, -0.1) is 0 Å². The van der Waals surface area contributed by atoms with Crippen LogP contribution in [0.4, 0.5) is 0 Å². The first kappa shape index (κ1) is 13.8. The molecule has 0 bridgehead atoms. The van der Waals surface area contributed by atoms with Crippen LogP contribution in [0.3, 0.4) is 0 Å². The van der Waals surface area contributed by atoms with Crippen LogP contribution in [0.25, 0.3) is 0 Å². The monoisotopic (exact) mass is 224 g/mol. The quantitative estimate of drug-likeness (QED) is 0.608. The van der Waals surface area contributed by atoms with Crippen molar-refractivity contribution in [3.63, 3.8) is 0 Å². The fourth-order valence-corrected chi connectivity index (χ4v) is 2.37. The van der Waals surface area contributed by atoms with Crippen molar-refractivity contribution in [3.05, 3.63) is 11.6 Å². The molecule has 0 amide bonds. The van der Waals surface area contributed by atoms with E-state index in [4.69, 9.17) is 0 Å². The molecular weight excluding hydrogens is 196 g/mol. The predicted octanol–water partition coefficient (Wildman–Crippen LogP) is 4.31. The Morgan fingerprint density at radius 2 is 2.00 bits per heavy atom. The van der Waals surface area contributed by atoms with Crippen LogP contribution in [0, 0.1) is 11.3 Å². The summed E-state index contributed by atoms with van der Waals surface area (Å²) in [5.74, 6) is 0.460. The summed E-state index contributed by atoms with van der Waals surface area (Å²) in [5, 5.41) is 10.1. The molecule has 1 heteroatoms. The summed E-state index contributed by atoms with van der Waals surface area (Å²) in [6.07, 6.45) is 9.13. The van der Waals surface area contributed by atoms with Crippen LogP contribution in [-0.2, 0) is 0 Å². The molecule has 1 nitrogen and oxygen atoms in total. The van der Waals surface area contributed by atoms with Crippen LogP contribution in [0.2, 0.25) is 0 Å². The van der Waals surface area contributed by atoms with Crippen molar-refractivity contribution in [2.45, 2.75) is 72.3 Å². The topological polar surface area (TPSA) is 20.2 Å². The molecule has 0 aliphatic heterocycles. The van der Waals surface area contributed by atoms with Crippen LogP contribution in [0.1, 0.15) is 66.2 Å². The first-order valence-electron chi connectivity index (χ1n) is 6.74. The van der Waals surface area contributed by atoms with E-state index in [-0.39, 0.29) is 6.10 Å². The summed E-state index contributed by atoms with van der Waals surface area (Å²) in [4.78, 5) is 0. The fraction of sp³-hybridized carbons (Fsp3) is 0.867. The van der Waals surface area contributed by atoms with Gasteiger partial charge in [0.05, 0.1) is 6.10 Å². The van der Waals surface area contributed by atoms with Gasteiger partial charge in [0.1, 0.15) is 0 Å². The lowest BCUT2D eigenvalue weighted by molar-refractivity contribution is 0.0877. The number of rotatable bonds is 0. The SMILES string of the molecule is C/C1=C/CC(C)(C)CC[C@H](O)[C@@H](C)CCC1. The summed E-state index contributed by atoms with van der Waals surface area (Å²) in [5.41, 5.74) is 1.86. The molecule has 0 aromatic heterocycles. The number of hydrogen-bond donors (Lipinski definition) is 1. The smallest absolute Gasteiger partial charge is 0.0566 e. The number of aliphatic hydroxyl groups excluding tert-OH is 1. The molecule has 1 N–H and O–H groups in total. The molecule has 1 rings (SSSR count). The molecule has 0 saturated carbocycles. The van der Waals surface area contributed by atoms with Gasteiger partial charge in [0, 0.05) is 0 Å². The van der Waals surface area contributed by atoms with Gasteiger partial charge in [-0.1, -0.05) is 32.4 Å². The Hall–Kier alpha value is -0.300. The van der Waals surface area contributed by atoms with Crippen molar-refractivity contribution < 1.29 is 5.11 Å². The minimum Gasteiger partial charge on any atom is -0.393 e. The molecule has 2 atom stereocenters. The minimum atomic E-state index is -0.0994. The van der Waals surface area contributed by atoms with Gasteiger partial charge in [-0.25, -0.2) is 0 Å². The number of aliphatic hydroxyl groups is 1. The van der Waals surface area contributed by atoms with Gasteiger partial charge in [0.25, 0.3) is 0 Å².